The van der Waals surface area contributed by atoms with E-state index in [0.29, 0.717) is 6.04 Å². The standard InChI is InChI=1S/C16H27N3O/c1-3-8-20-16-10-14(17)9-15(11-16)18-12-13(2)19-6-4-5-7-19/h9-11,13,18H,3-8,12,17H2,1-2H3. The van der Waals surface area contributed by atoms with Crippen LogP contribution in [0.3, 0.4) is 0 Å². The Morgan fingerprint density at radius 2 is 2.05 bits per heavy atom. The normalized spacial score (nSPS) is 17.1. The second-order valence-electron chi connectivity index (χ2n) is 5.61. The lowest BCUT2D eigenvalue weighted by Gasteiger charge is -2.24. The molecule has 3 N–H and O–H groups in total. The molecule has 1 heterocycles. The molecule has 1 aromatic rings. The van der Waals surface area contributed by atoms with Crippen LogP contribution in [-0.4, -0.2) is 37.2 Å². The van der Waals surface area contributed by atoms with Crippen molar-refractivity contribution in [2.75, 3.05) is 37.3 Å². The van der Waals surface area contributed by atoms with Gasteiger partial charge in [-0.15, -0.1) is 0 Å². The monoisotopic (exact) mass is 277 g/mol. The number of benzene rings is 1. The number of rotatable bonds is 7. The number of nitrogens with one attached hydrogen (secondary N) is 1. The molecule has 0 spiro atoms. The Bertz CT molecular complexity index is 416. The van der Waals surface area contributed by atoms with Gasteiger partial charge in [-0.1, -0.05) is 6.92 Å². The number of likely N-dealkylation sites (tertiary alicyclic amines) is 1. The van der Waals surface area contributed by atoms with Gasteiger partial charge in [0, 0.05) is 36.1 Å². The number of anilines is 2. The lowest BCUT2D eigenvalue weighted by Crippen LogP contribution is -2.35. The van der Waals surface area contributed by atoms with Crippen LogP contribution in [0.25, 0.3) is 0 Å². The van der Waals surface area contributed by atoms with E-state index < -0.39 is 0 Å². The number of nitrogens with two attached hydrogens (primary N) is 1. The largest absolute Gasteiger partial charge is 0.493 e. The number of hydrogen-bond acceptors (Lipinski definition) is 4. The van der Waals surface area contributed by atoms with Gasteiger partial charge in [0.1, 0.15) is 5.75 Å². The number of ether oxygens (including phenoxy) is 1. The summed E-state index contributed by atoms with van der Waals surface area (Å²) in [5, 5.41) is 3.48. The van der Waals surface area contributed by atoms with Crippen molar-refractivity contribution in [2.45, 2.75) is 39.2 Å². The highest BCUT2D eigenvalue weighted by Crippen LogP contribution is 2.23. The average molecular weight is 277 g/mol. The SMILES string of the molecule is CCCOc1cc(N)cc(NCC(C)N2CCCC2)c1. The van der Waals surface area contributed by atoms with Crippen LogP contribution >= 0.6 is 0 Å². The maximum Gasteiger partial charge on any atom is 0.123 e. The predicted octanol–water partition coefficient (Wildman–Crippen LogP) is 2.95. The van der Waals surface area contributed by atoms with E-state index >= 15 is 0 Å². The fourth-order valence-electron chi connectivity index (χ4n) is 2.60. The Kier molecular flexibility index (Phi) is 5.53. The van der Waals surface area contributed by atoms with Crippen molar-refractivity contribution in [1.82, 2.24) is 4.90 Å². The molecule has 1 aliphatic heterocycles. The van der Waals surface area contributed by atoms with Gasteiger partial charge < -0.3 is 15.8 Å². The minimum absolute atomic E-state index is 0.555. The third-order valence-corrected chi connectivity index (χ3v) is 3.77. The van der Waals surface area contributed by atoms with Crippen molar-refractivity contribution < 1.29 is 4.74 Å². The molecule has 0 aromatic heterocycles. The first-order valence-electron chi connectivity index (χ1n) is 7.70. The minimum Gasteiger partial charge on any atom is -0.493 e. The fraction of sp³-hybridized carbons (Fsp3) is 0.625. The van der Waals surface area contributed by atoms with E-state index in [1.807, 2.05) is 18.2 Å². The molecule has 1 saturated heterocycles. The van der Waals surface area contributed by atoms with Gasteiger partial charge in [0.05, 0.1) is 6.61 Å². The van der Waals surface area contributed by atoms with Crippen molar-refractivity contribution in [2.24, 2.45) is 0 Å². The van der Waals surface area contributed by atoms with Gasteiger partial charge in [0.25, 0.3) is 0 Å². The van der Waals surface area contributed by atoms with Crippen LogP contribution in [0.5, 0.6) is 5.75 Å². The molecule has 1 fully saturated rings. The first-order valence-corrected chi connectivity index (χ1v) is 7.70. The van der Waals surface area contributed by atoms with E-state index in [2.05, 4.69) is 24.1 Å². The van der Waals surface area contributed by atoms with Crippen molar-refractivity contribution in [3.05, 3.63) is 18.2 Å². The van der Waals surface area contributed by atoms with E-state index in [-0.39, 0.29) is 0 Å². The molecular weight excluding hydrogens is 250 g/mol. The van der Waals surface area contributed by atoms with Crippen LogP contribution in [0, 0.1) is 0 Å². The van der Waals surface area contributed by atoms with E-state index in [4.69, 9.17) is 10.5 Å². The zero-order valence-electron chi connectivity index (χ0n) is 12.7. The summed E-state index contributed by atoms with van der Waals surface area (Å²) in [5.74, 6) is 0.850. The van der Waals surface area contributed by atoms with Gasteiger partial charge in [-0.05, 0) is 45.3 Å². The van der Waals surface area contributed by atoms with E-state index in [9.17, 15) is 0 Å². The van der Waals surface area contributed by atoms with Crippen LogP contribution in [0.1, 0.15) is 33.1 Å². The molecule has 0 amide bonds. The molecule has 1 aromatic carbocycles. The van der Waals surface area contributed by atoms with Gasteiger partial charge in [0.15, 0.2) is 0 Å². The lowest BCUT2D eigenvalue weighted by molar-refractivity contribution is 0.269. The maximum absolute atomic E-state index is 5.93. The zero-order valence-corrected chi connectivity index (χ0v) is 12.7. The molecular formula is C16H27N3O. The Labute approximate surface area is 122 Å². The van der Waals surface area contributed by atoms with E-state index in [0.717, 1.165) is 36.7 Å². The van der Waals surface area contributed by atoms with Gasteiger partial charge in [-0.2, -0.15) is 0 Å². The Balaban J connectivity index is 1.89. The predicted molar refractivity (Wildman–Crippen MR) is 85.4 cm³/mol. The van der Waals surface area contributed by atoms with Crippen LogP contribution in [0.2, 0.25) is 0 Å². The molecule has 2 rings (SSSR count). The van der Waals surface area contributed by atoms with Crippen molar-refractivity contribution >= 4 is 11.4 Å². The third kappa shape index (κ3) is 4.30. The van der Waals surface area contributed by atoms with Gasteiger partial charge in [-0.25, -0.2) is 0 Å². The number of hydrogen-bond donors (Lipinski definition) is 2. The topological polar surface area (TPSA) is 50.5 Å². The Morgan fingerprint density at radius 1 is 1.30 bits per heavy atom. The average Bonchev–Trinajstić information content (AvgIpc) is 2.96. The first-order chi connectivity index (χ1) is 9.69. The van der Waals surface area contributed by atoms with Crippen LogP contribution in [0.4, 0.5) is 11.4 Å². The second kappa shape index (κ2) is 7.39. The van der Waals surface area contributed by atoms with Crippen LogP contribution in [0.15, 0.2) is 18.2 Å². The highest BCUT2D eigenvalue weighted by atomic mass is 16.5. The summed E-state index contributed by atoms with van der Waals surface area (Å²) in [4.78, 5) is 2.54. The molecule has 1 atom stereocenters. The molecule has 4 nitrogen and oxygen atoms in total. The highest BCUT2D eigenvalue weighted by molar-refractivity contribution is 5.59. The van der Waals surface area contributed by atoms with Crippen LogP contribution in [-0.2, 0) is 0 Å². The second-order valence-corrected chi connectivity index (χ2v) is 5.61. The van der Waals surface area contributed by atoms with Crippen molar-refractivity contribution in [1.29, 1.82) is 0 Å². The first kappa shape index (κ1) is 15.0. The van der Waals surface area contributed by atoms with Gasteiger partial charge >= 0.3 is 0 Å². The number of nitrogen functional groups attached to an aromatic ring is 1. The molecule has 0 bridgehead atoms. The summed E-state index contributed by atoms with van der Waals surface area (Å²) in [6, 6.07) is 6.43. The lowest BCUT2D eigenvalue weighted by atomic mass is 10.2. The van der Waals surface area contributed by atoms with E-state index in [1.165, 1.54) is 25.9 Å². The molecule has 0 aliphatic carbocycles. The maximum atomic E-state index is 5.93. The number of nitrogens with zero attached hydrogens (tertiary/aromatic N) is 1. The summed E-state index contributed by atoms with van der Waals surface area (Å²) >= 11 is 0. The zero-order chi connectivity index (χ0) is 14.4. The molecule has 4 heteroatoms. The van der Waals surface area contributed by atoms with Gasteiger partial charge in [-0.3, -0.25) is 4.90 Å². The minimum atomic E-state index is 0.555. The molecule has 20 heavy (non-hydrogen) atoms. The Morgan fingerprint density at radius 3 is 2.75 bits per heavy atom. The molecule has 0 saturated carbocycles. The molecule has 1 unspecified atom stereocenters. The summed E-state index contributed by atoms with van der Waals surface area (Å²) in [7, 11) is 0. The third-order valence-electron chi connectivity index (χ3n) is 3.77. The molecule has 1 aliphatic rings. The van der Waals surface area contributed by atoms with Crippen LogP contribution < -0.4 is 15.8 Å². The van der Waals surface area contributed by atoms with Crippen molar-refractivity contribution in [3.8, 4) is 5.75 Å². The summed E-state index contributed by atoms with van der Waals surface area (Å²) in [6.07, 6.45) is 3.67. The quantitative estimate of drug-likeness (QED) is 0.752. The van der Waals surface area contributed by atoms with E-state index in [1.54, 1.807) is 0 Å². The fourth-order valence-corrected chi connectivity index (χ4v) is 2.60. The molecule has 112 valence electrons. The van der Waals surface area contributed by atoms with Crippen molar-refractivity contribution in [3.63, 3.8) is 0 Å². The smallest absolute Gasteiger partial charge is 0.123 e. The van der Waals surface area contributed by atoms with Gasteiger partial charge in [0.2, 0.25) is 0 Å². The summed E-state index contributed by atoms with van der Waals surface area (Å²) < 4.78 is 5.65. The highest BCUT2D eigenvalue weighted by Gasteiger charge is 2.17. The summed E-state index contributed by atoms with van der Waals surface area (Å²) in [5.41, 5.74) is 7.72. The summed E-state index contributed by atoms with van der Waals surface area (Å²) in [6.45, 7) is 8.50. The molecule has 0 radical (unpaired) electrons. The Hall–Kier alpha value is -1.42.